The molecule has 0 bridgehead atoms. The first-order valence-electron chi connectivity index (χ1n) is 4.50. The first kappa shape index (κ1) is 10.4. The van der Waals surface area contributed by atoms with Gasteiger partial charge in [-0.3, -0.25) is 9.79 Å². The summed E-state index contributed by atoms with van der Waals surface area (Å²) in [5.41, 5.74) is 0.926. The summed E-state index contributed by atoms with van der Waals surface area (Å²) < 4.78 is 0. The predicted octanol–water partition coefficient (Wildman–Crippen LogP) is 1.89. The van der Waals surface area contributed by atoms with Crippen LogP contribution in [0.1, 0.15) is 13.3 Å². The predicted molar refractivity (Wildman–Crippen MR) is 57.9 cm³/mol. The van der Waals surface area contributed by atoms with Crippen molar-refractivity contribution >= 4 is 12.1 Å². The van der Waals surface area contributed by atoms with Crippen LogP contribution in [0.3, 0.4) is 0 Å². The molecule has 0 unspecified atom stereocenters. The standard InChI is InChI=1S/C11H14N2O/c1-10-6-4-3-5-8-12-9-7-11(14)13(10)2/h3-6,8-9H,7H2,1-2H3/b4-3-,8-5+,10-6+,12-9?. The summed E-state index contributed by atoms with van der Waals surface area (Å²) in [6, 6.07) is 0. The molecule has 0 N–H and O–H groups in total. The molecule has 1 heterocycles. The van der Waals surface area contributed by atoms with Crippen molar-refractivity contribution in [3.8, 4) is 0 Å². The fourth-order valence-corrected chi connectivity index (χ4v) is 0.995. The molecule has 1 amide bonds. The Morgan fingerprint density at radius 3 is 2.93 bits per heavy atom. The zero-order valence-electron chi connectivity index (χ0n) is 8.47. The highest BCUT2D eigenvalue weighted by Crippen LogP contribution is 2.03. The van der Waals surface area contributed by atoms with Crippen molar-refractivity contribution in [1.82, 2.24) is 4.90 Å². The molecule has 0 spiro atoms. The van der Waals surface area contributed by atoms with Gasteiger partial charge >= 0.3 is 0 Å². The SMILES string of the molecule is C\C1=C/C=C\C=C\N=CCC(=O)N1C. The number of carbonyl (C=O) groups excluding carboxylic acids is 1. The van der Waals surface area contributed by atoms with E-state index in [1.54, 1.807) is 24.4 Å². The molecular weight excluding hydrogens is 176 g/mol. The number of aliphatic imine (C=N–C) groups is 1. The maximum atomic E-state index is 11.5. The van der Waals surface area contributed by atoms with Crippen LogP contribution in [0.4, 0.5) is 0 Å². The van der Waals surface area contributed by atoms with Gasteiger partial charge in [-0.05, 0) is 19.1 Å². The van der Waals surface area contributed by atoms with Crippen molar-refractivity contribution in [3.05, 3.63) is 36.2 Å². The zero-order valence-corrected chi connectivity index (χ0v) is 8.47. The summed E-state index contributed by atoms with van der Waals surface area (Å²) in [6.45, 7) is 1.90. The van der Waals surface area contributed by atoms with Gasteiger partial charge in [0.2, 0.25) is 5.91 Å². The van der Waals surface area contributed by atoms with Gasteiger partial charge in [0.25, 0.3) is 0 Å². The Bertz CT molecular complexity index is 324. The summed E-state index contributed by atoms with van der Waals surface area (Å²) >= 11 is 0. The van der Waals surface area contributed by atoms with Gasteiger partial charge in [0.1, 0.15) is 0 Å². The summed E-state index contributed by atoms with van der Waals surface area (Å²) in [6.07, 6.45) is 11.1. The van der Waals surface area contributed by atoms with E-state index in [1.807, 2.05) is 31.2 Å². The molecule has 1 aliphatic heterocycles. The van der Waals surface area contributed by atoms with Crippen LogP contribution in [0.25, 0.3) is 0 Å². The number of amides is 1. The van der Waals surface area contributed by atoms with Crippen molar-refractivity contribution in [3.63, 3.8) is 0 Å². The van der Waals surface area contributed by atoms with Crippen LogP contribution >= 0.6 is 0 Å². The highest BCUT2D eigenvalue weighted by atomic mass is 16.2. The van der Waals surface area contributed by atoms with Crippen LogP contribution in [0.15, 0.2) is 41.2 Å². The van der Waals surface area contributed by atoms with Crippen LogP contribution in [0.2, 0.25) is 0 Å². The monoisotopic (exact) mass is 190 g/mol. The summed E-state index contributed by atoms with van der Waals surface area (Å²) in [5.74, 6) is 0.0474. The Kier molecular flexibility index (Phi) is 3.85. The minimum Gasteiger partial charge on any atom is -0.319 e. The second-order valence-electron chi connectivity index (χ2n) is 3.02. The molecular formula is C11H14N2O. The number of carbonyl (C=O) groups is 1. The van der Waals surface area contributed by atoms with E-state index in [0.717, 1.165) is 5.70 Å². The lowest BCUT2D eigenvalue weighted by molar-refractivity contribution is -0.126. The van der Waals surface area contributed by atoms with Crippen LogP contribution < -0.4 is 0 Å². The summed E-state index contributed by atoms with van der Waals surface area (Å²) in [7, 11) is 1.77. The number of hydrogen-bond acceptors (Lipinski definition) is 2. The molecule has 1 rings (SSSR count). The highest BCUT2D eigenvalue weighted by molar-refractivity contribution is 5.90. The van der Waals surface area contributed by atoms with E-state index in [1.165, 1.54) is 0 Å². The smallest absolute Gasteiger partial charge is 0.231 e. The number of hydrogen-bond donors (Lipinski definition) is 0. The largest absolute Gasteiger partial charge is 0.319 e. The van der Waals surface area contributed by atoms with Gasteiger partial charge < -0.3 is 4.90 Å². The van der Waals surface area contributed by atoms with E-state index < -0.39 is 0 Å². The average molecular weight is 190 g/mol. The van der Waals surface area contributed by atoms with Crippen molar-refractivity contribution < 1.29 is 4.79 Å². The molecule has 0 radical (unpaired) electrons. The van der Waals surface area contributed by atoms with E-state index in [-0.39, 0.29) is 5.91 Å². The topological polar surface area (TPSA) is 32.7 Å². The Morgan fingerprint density at radius 1 is 1.36 bits per heavy atom. The fourth-order valence-electron chi connectivity index (χ4n) is 0.995. The maximum absolute atomic E-state index is 11.5. The summed E-state index contributed by atoms with van der Waals surface area (Å²) in [4.78, 5) is 17.1. The number of nitrogens with zero attached hydrogens (tertiary/aromatic N) is 2. The molecule has 0 aromatic carbocycles. The maximum Gasteiger partial charge on any atom is 0.231 e. The third-order valence-electron chi connectivity index (χ3n) is 2.01. The lowest BCUT2D eigenvalue weighted by Gasteiger charge is -2.16. The Morgan fingerprint density at radius 2 is 2.14 bits per heavy atom. The lowest BCUT2D eigenvalue weighted by atomic mass is 10.3. The second-order valence-corrected chi connectivity index (χ2v) is 3.02. The molecule has 0 fully saturated rings. The normalized spacial score (nSPS) is 26.3. The highest BCUT2D eigenvalue weighted by Gasteiger charge is 2.07. The van der Waals surface area contributed by atoms with Crippen molar-refractivity contribution in [2.75, 3.05) is 7.05 Å². The van der Waals surface area contributed by atoms with Crippen molar-refractivity contribution in [2.24, 2.45) is 4.99 Å². The first-order valence-corrected chi connectivity index (χ1v) is 4.50. The van der Waals surface area contributed by atoms with Gasteiger partial charge in [-0.25, -0.2) is 0 Å². The Hall–Kier alpha value is -1.64. The average Bonchev–Trinajstić information content (AvgIpc) is 2.21. The quantitative estimate of drug-likeness (QED) is 0.574. The Balaban J connectivity index is 2.87. The molecule has 0 atom stereocenters. The third-order valence-corrected chi connectivity index (χ3v) is 2.01. The van der Waals surface area contributed by atoms with E-state index in [9.17, 15) is 4.79 Å². The van der Waals surface area contributed by atoms with E-state index in [4.69, 9.17) is 0 Å². The molecule has 0 aromatic rings. The van der Waals surface area contributed by atoms with Gasteiger partial charge in [0.15, 0.2) is 0 Å². The molecule has 3 nitrogen and oxygen atoms in total. The molecule has 0 aromatic heterocycles. The van der Waals surface area contributed by atoms with Gasteiger partial charge in [-0.15, -0.1) is 0 Å². The molecule has 0 saturated heterocycles. The molecule has 0 saturated carbocycles. The van der Waals surface area contributed by atoms with E-state index >= 15 is 0 Å². The molecule has 14 heavy (non-hydrogen) atoms. The Labute approximate surface area is 84.1 Å². The van der Waals surface area contributed by atoms with Crippen LogP contribution in [-0.4, -0.2) is 24.1 Å². The number of allylic oxidation sites excluding steroid dienone is 5. The second kappa shape index (κ2) is 5.17. The fraction of sp³-hybridized carbons (Fsp3) is 0.273. The minimum absolute atomic E-state index is 0.0474. The molecule has 74 valence electrons. The van der Waals surface area contributed by atoms with Gasteiger partial charge in [-0.2, -0.15) is 0 Å². The number of rotatable bonds is 0. The van der Waals surface area contributed by atoms with Crippen molar-refractivity contribution in [2.45, 2.75) is 13.3 Å². The molecule has 1 aliphatic rings. The van der Waals surface area contributed by atoms with Gasteiger partial charge in [-0.1, -0.05) is 12.2 Å². The lowest BCUT2D eigenvalue weighted by Crippen LogP contribution is -2.24. The van der Waals surface area contributed by atoms with Crippen LogP contribution in [0, 0.1) is 0 Å². The molecule has 3 heteroatoms. The van der Waals surface area contributed by atoms with E-state index in [0.29, 0.717) is 6.42 Å². The van der Waals surface area contributed by atoms with Crippen molar-refractivity contribution in [1.29, 1.82) is 0 Å². The third kappa shape index (κ3) is 3.01. The van der Waals surface area contributed by atoms with Gasteiger partial charge in [0, 0.05) is 25.2 Å². The molecule has 0 aliphatic carbocycles. The first-order chi connectivity index (χ1) is 6.72. The van der Waals surface area contributed by atoms with Crippen LogP contribution in [-0.2, 0) is 4.79 Å². The van der Waals surface area contributed by atoms with Crippen LogP contribution in [0.5, 0.6) is 0 Å². The zero-order chi connectivity index (χ0) is 10.4. The minimum atomic E-state index is 0.0474. The van der Waals surface area contributed by atoms with Gasteiger partial charge in [0.05, 0.1) is 6.42 Å². The van der Waals surface area contributed by atoms with E-state index in [2.05, 4.69) is 4.99 Å². The summed E-state index contributed by atoms with van der Waals surface area (Å²) in [5, 5.41) is 0.